The molecule has 0 aromatic carbocycles. The van der Waals surface area contributed by atoms with Gasteiger partial charge in [0.05, 0.1) is 6.61 Å². The number of aliphatic hydroxyl groups excluding tert-OH is 1. The molecule has 0 atom stereocenters. The van der Waals surface area contributed by atoms with Gasteiger partial charge in [0.15, 0.2) is 0 Å². The average Bonchev–Trinajstić information content (AvgIpc) is 2.39. The van der Waals surface area contributed by atoms with Gasteiger partial charge in [-0.25, -0.2) is 4.79 Å². The minimum atomic E-state index is -0.545. The molecule has 2 amide bonds. The van der Waals surface area contributed by atoms with Crippen LogP contribution in [0.5, 0.6) is 0 Å². The van der Waals surface area contributed by atoms with Crippen LogP contribution < -0.4 is 5.32 Å². The van der Waals surface area contributed by atoms with Crippen molar-refractivity contribution >= 4 is 12.0 Å². The zero-order valence-electron chi connectivity index (χ0n) is 7.86. The van der Waals surface area contributed by atoms with Gasteiger partial charge in [-0.1, -0.05) is 0 Å². The smallest absolute Gasteiger partial charge is 0.410 e. The van der Waals surface area contributed by atoms with Gasteiger partial charge in [-0.2, -0.15) is 0 Å². The van der Waals surface area contributed by atoms with Crippen molar-refractivity contribution in [3.8, 4) is 0 Å². The van der Waals surface area contributed by atoms with Crippen LogP contribution in [0.3, 0.4) is 0 Å². The Morgan fingerprint density at radius 1 is 1.64 bits per heavy atom. The van der Waals surface area contributed by atoms with Crippen LogP contribution >= 0.6 is 0 Å². The third-order valence-corrected chi connectivity index (χ3v) is 1.84. The van der Waals surface area contributed by atoms with E-state index < -0.39 is 6.09 Å². The molecule has 0 unspecified atom stereocenters. The molecule has 0 aliphatic carbocycles. The predicted molar refractivity (Wildman–Crippen MR) is 47.6 cm³/mol. The first-order chi connectivity index (χ1) is 6.74. The molecule has 0 spiro atoms. The molecule has 0 aromatic rings. The summed E-state index contributed by atoms with van der Waals surface area (Å²) >= 11 is 0. The number of rotatable bonds is 2. The standard InChI is InChI=1S/C8H14N2O4/c11-4-5-14-8(13)10-3-1-2-9-7(12)6-10/h11H,1-6H2,(H,9,12). The second-order valence-corrected chi connectivity index (χ2v) is 2.96. The third kappa shape index (κ3) is 3.21. The maximum atomic E-state index is 11.3. The van der Waals surface area contributed by atoms with E-state index >= 15 is 0 Å². The molecule has 6 nitrogen and oxygen atoms in total. The van der Waals surface area contributed by atoms with E-state index in [1.54, 1.807) is 0 Å². The molecule has 1 fully saturated rings. The van der Waals surface area contributed by atoms with Crippen molar-refractivity contribution < 1.29 is 19.4 Å². The summed E-state index contributed by atoms with van der Waals surface area (Å²) in [4.78, 5) is 23.7. The molecule has 1 aliphatic heterocycles. The molecule has 6 heteroatoms. The Morgan fingerprint density at radius 2 is 2.43 bits per heavy atom. The van der Waals surface area contributed by atoms with Gasteiger partial charge < -0.3 is 15.2 Å². The predicted octanol–water partition coefficient (Wildman–Crippen LogP) is -1.06. The molecular formula is C8H14N2O4. The van der Waals surface area contributed by atoms with Gasteiger partial charge in [-0.05, 0) is 6.42 Å². The van der Waals surface area contributed by atoms with Crippen molar-refractivity contribution in [1.82, 2.24) is 10.2 Å². The van der Waals surface area contributed by atoms with Gasteiger partial charge in [0, 0.05) is 13.1 Å². The number of nitrogens with one attached hydrogen (secondary N) is 1. The molecule has 0 radical (unpaired) electrons. The largest absolute Gasteiger partial charge is 0.447 e. The topological polar surface area (TPSA) is 78.9 Å². The second kappa shape index (κ2) is 5.43. The fourth-order valence-electron chi connectivity index (χ4n) is 1.19. The first kappa shape index (κ1) is 10.8. The van der Waals surface area contributed by atoms with Crippen LogP contribution in [0.25, 0.3) is 0 Å². The van der Waals surface area contributed by atoms with E-state index in [0.29, 0.717) is 13.1 Å². The van der Waals surface area contributed by atoms with Gasteiger partial charge in [0.1, 0.15) is 13.2 Å². The Kier molecular flexibility index (Phi) is 4.18. The average molecular weight is 202 g/mol. The summed E-state index contributed by atoms with van der Waals surface area (Å²) in [6.07, 6.45) is 0.177. The fourth-order valence-corrected chi connectivity index (χ4v) is 1.19. The van der Waals surface area contributed by atoms with E-state index in [-0.39, 0.29) is 25.7 Å². The SMILES string of the molecule is O=C1CN(C(=O)OCCO)CCCN1. The van der Waals surface area contributed by atoms with Crippen molar-refractivity contribution in [2.45, 2.75) is 6.42 Å². The molecule has 0 saturated carbocycles. The summed E-state index contributed by atoms with van der Waals surface area (Å²) < 4.78 is 4.69. The normalized spacial score (nSPS) is 17.2. The van der Waals surface area contributed by atoms with Gasteiger partial charge in [-0.15, -0.1) is 0 Å². The Labute approximate surface area is 81.8 Å². The van der Waals surface area contributed by atoms with E-state index in [9.17, 15) is 9.59 Å². The quantitative estimate of drug-likeness (QED) is 0.598. The van der Waals surface area contributed by atoms with Crippen molar-refractivity contribution in [3.05, 3.63) is 0 Å². The highest BCUT2D eigenvalue weighted by molar-refractivity contribution is 5.82. The number of hydrogen-bond donors (Lipinski definition) is 2. The number of carbonyl (C=O) groups is 2. The first-order valence-electron chi connectivity index (χ1n) is 4.53. The second-order valence-electron chi connectivity index (χ2n) is 2.96. The lowest BCUT2D eigenvalue weighted by Crippen LogP contribution is -2.38. The molecular weight excluding hydrogens is 188 g/mol. The van der Waals surface area contributed by atoms with Crippen LogP contribution in [0.15, 0.2) is 0 Å². The lowest BCUT2D eigenvalue weighted by Gasteiger charge is -2.17. The van der Waals surface area contributed by atoms with Crippen LogP contribution in [-0.4, -0.2) is 54.9 Å². The summed E-state index contributed by atoms with van der Waals surface area (Å²) in [6.45, 7) is 0.888. The van der Waals surface area contributed by atoms with Crippen LogP contribution in [-0.2, 0) is 9.53 Å². The van der Waals surface area contributed by atoms with E-state index in [0.717, 1.165) is 6.42 Å². The molecule has 1 rings (SSSR count). The van der Waals surface area contributed by atoms with Crippen molar-refractivity contribution in [3.63, 3.8) is 0 Å². The highest BCUT2D eigenvalue weighted by atomic mass is 16.6. The van der Waals surface area contributed by atoms with Crippen molar-refractivity contribution in [2.75, 3.05) is 32.8 Å². The van der Waals surface area contributed by atoms with Crippen molar-refractivity contribution in [1.29, 1.82) is 0 Å². The Bertz CT molecular complexity index is 219. The van der Waals surface area contributed by atoms with Gasteiger partial charge >= 0.3 is 6.09 Å². The number of amides is 2. The van der Waals surface area contributed by atoms with Gasteiger partial charge in [0.25, 0.3) is 0 Å². The van der Waals surface area contributed by atoms with Crippen LogP contribution in [0, 0.1) is 0 Å². The number of aliphatic hydroxyl groups is 1. The zero-order chi connectivity index (χ0) is 10.4. The molecule has 1 saturated heterocycles. The van der Waals surface area contributed by atoms with Gasteiger partial charge in [0.2, 0.25) is 5.91 Å². The summed E-state index contributed by atoms with van der Waals surface area (Å²) in [6, 6.07) is 0. The number of ether oxygens (including phenoxy) is 1. The minimum absolute atomic E-state index is 0.0308. The van der Waals surface area contributed by atoms with Crippen molar-refractivity contribution in [2.24, 2.45) is 0 Å². The lowest BCUT2D eigenvalue weighted by molar-refractivity contribution is -0.121. The summed E-state index contributed by atoms with van der Waals surface area (Å²) in [5.41, 5.74) is 0. The van der Waals surface area contributed by atoms with Crippen LogP contribution in [0.2, 0.25) is 0 Å². The summed E-state index contributed by atoms with van der Waals surface area (Å²) in [5.74, 6) is -0.177. The maximum absolute atomic E-state index is 11.3. The van der Waals surface area contributed by atoms with Crippen LogP contribution in [0.4, 0.5) is 4.79 Å². The third-order valence-electron chi connectivity index (χ3n) is 1.84. The highest BCUT2D eigenvalue weighted by Gasteiger charge is 2.20. The molecule has 1 aliphatic rings. The highest BCUT2D eigenvalue weighted by Crippen LogP contribution is 1.99. The summed E-state index contributed by atoms with van der Waals surface area (Å²) in [5, 5.41) is 11.1. The Hall–Kier alpha value is -1.30. The Balaban J connectivity index is 2.40. The molecule has 1 heterocycles. The molecule has 0 bridgehead atoms. The maximum Gasteiger partial charge on any atom is 0.410 e. The number of nitrogens with zero attached hydrogens (tertiary/aromatic N) is 1. The van der Waals surface area contributed by atoms with E-state index in [4.69, 9.17) is 9.84 Å². The molecule has 80 valence electrons. The summed E-state index contributed by atoms with van der Waals surface area (Å²) in [7, 11) is 0. The van der Waals surface area contributed by atoms with E-state index in [2.05, 4.69) is 5.32 Å². The van der Waals surface area contributed by atoms with E-state index in [1.807, 2.05) is 0 Å². The zero-order valence-corrected chi connectivity index (χ0v) is 7.86. The first-order valence-corrected chi connectivity index (χ1v) is 4.53. The Morgan fingerprint density at radius 3 is 3.14 bits per heavy atom. The van der Waals surface area contributed by atoms with E-state index in [1.165, 1.54) is 4.90 Å². The van der Waals surface area contributed by atoms with Gasteiger partial charge in [-0.3, -0.25) is 9.69 Å². The minimum Gasteiger partial charge on any atom is -0.447 e. The molecule has 0 aromatic heterocycles. The number of hydrogen-bond acceptors (Lipinski definition) is 4. The lowest BCUT2D eigenvalue weighted by atomic mass is 10.4. The monoisotopic (exact) mass is 202 g/mol. The molecule has 2 N–H and O–H groups in total. The number of carbonyl (C=O) groups excluding carboxylic acids is 2. The van der Waals surface area contributed by atoms with Crippen LogP contribution in [0.1, 0.15) is 6.42 Å². The fraction of sp³-hybridized carbons (Fsp3) is 0.750. The molecule has 14 heavy (non-hydrogen) atoms.